The third-order valence-corrected chi connectivity index (χ3v) is 5.38. The van der Waals surface area contributed by atoms with E-state index in [0.29, 0.717) is 44.4 Å². The first-order valence-electron chi connectivity index (χ1n) is 10.9. The van der Waals surface area contributed by atoms with E-state index in [1.807, 2.05) is 49.4 Å². The molecule has 174 valence electrons. The summed E-state index contributed by atoms with van der Waals surface area (Å²) in [5, 5.41) is 5.85. The van der Waals surface area contributed by atoms with Crippen LogP contribution in [0.15, 0.2) is 42.5 Å². The molecule has 1 atom stereocenters. The fraction of sp³-hybridized carbons (Fsp3) is 0.458. The lowest BCUT2D eigenvalue weighted by atomic mass is 10.0. The Morgan fingerprint density at radius 1 is 1.06 bits per heavy atom. The number of morpholine rings is 1. The SMILES string of the molecule is COc1ccc([C@H](CNC(=O)NCCOc2cccc(C)c2)N2CCOCC2)cc1OC. The van der Waals surface area contributed by atoms with Gasteiger partial charge in [0.1, 0.15) is 12.4 Å². The van der Waals surface area contributed by atoms with Crippen LogP contribution < -0.4 is 24.8 Å². The Morgan fingerprint density at radius 2 is 1.84 bits per heavy atom. The highest BCUT2D eigenvalue weighted by molar-refractivity contribution is 5.73. The first-order valence-corrected chi connectivity index (χ1v) is 10.9. The molecule has 0 bridgehead atoms. The molecule has 2 N–H and O–H groups in total. The van der Waals surface area contributed by atoms with Gasteiger partial charge in [-0.1, -0.05) is 18.2 Å². The number of nitrogens with zero attached hydrogens (tertiary/aromatic N) is 1. The zero-order valence-electron chi connectivity index (χ0n) is 19.1. The predicted molar refractivity (Wildman–Crippen MR) is 123 cm³/mol. The van der Waals surface area contributed by atoms with Crippen LogP contribution in [0.1, 0.15) is 17.2 Å². The standard InChI is InChI=1S/C24H33N3O5/c1-18-5-4-6-20(15-18)32-12-9-25-24(28)26-17-21(27-10-13-31-14-11-27)19-7-8-22(29-2)23(16-19)30-3/h4-8,15-16,21H,9-14,17H2,1-3H3,(H2,25,26,28)/t21-/m0/s1. The van der Waals surface area contributed by atoms with Crippen molar-refractivity contribution in [2.45, 2.75) is 13.0 Å². The maximum Gasteiger partial charge on any atom is 0.314 e. The van der Waals surface area contributed by atoms with E-state index in [-0.39, 0.29) is 12.1 Å². The van der Waals surface area contributed by atoms with Crippen LogP contribution in [0.3, 0.4) is 0 Å². The number of hydrogen-bond acceptors (Lipinski definition) is 6. The van der Waals surface area contributed by atoms with Crippen LogP contribution in [0.4, 0.5) is 4.79 Å². The minimum Gasteiger partial charge on any atom is -0.493 e. The van der Waals surface area contributed by atoms with Crippen LogP contribution >= 0.6 is 0 Å². The van der Waals surface area contributed by atoms with Gasteiger partial charge < -0.3 is 29.6 Å². The second kappa shape index (κ2) is 12.2. The predicted octanol–water partition coefficient (Wildman–Crippen LogP) is 2.76. The van der Waals surface area contributed by atoms with Crippen LogP contribution in [-0.2, 0) is 4.74 Å². The first-order chi connectivity index (χ1) is 15.6. The summed E-state index contributed by atoms with van der Waals surface area (Å²) in [6.45, 7) is 6.23. The van der Waals surface area contributed by atoms with Crippen LogP contribution in [-0.4, -0.2) is 71.2 Å². The second-order valence-electron chi connectivity index (χ2n) is 7.58. The Kier molecular flexibility index (Phi) is 9.01. The minimum absolute atomic E-state index is 0.00648. The van der Waals surface area contributed by atoms with E-state index in [0.717, 1.165) is 30.0 Å². The van der Waals surface area contributed by atoms with E-state index in [2.05, 4.69) is 15.5 Å². The van der Waals surface area contributed by atoms with E-state index in [1.165, 1.54) is 0 Å². The number of nitrogens with one attached hydrogen (secondary N) is 2. The Morgan fingerprint density at radius 3 is 2.56 bits per heavy atom. The van der Waals surface area contributed by atoms with Crippen molar-refractivity contribution in [1.29, 1.82) is 0 Å². The molecule has 0 aromatic heterocycles. The van der Waals surface area contributed by atoms with Gasteiger partial charge in [-0.05, 0) is 42.3 Å². The zero-order chi connectivity index (χ0) is 22.8. The summed E-state index contributed by atoms with van der Waals surface area (Å²) in [5.74, 6) is 2.14. The lowest BCUT2D eigenvalue weighted by molar-refractivity contribution is 0.0166. The number of aryl methyl sites for hydroxylation is 1. The van der Waals surface area contributed by atoms with Gasteiger partial charge in [-0.3, -0.25) is 4.90 Å². The molecule has 8 heteroatoms. The average molecular weight is 444 g/mol. The molecule has 1 heterocycles. The number of benzene rings is 2. The van der Waals surface area contributed by atoms with Crippen molar-refractivity contribution in [2.24, 2.45) is 0 Å². The van der Waals surface area contributed by atoms with Crippen molar-refractivity contribution >= 4 is 6.03 Å². The molecule has 2 aromatic carbocycles. The highest BCUT2D eigenvalue weighted by Crippen LogP contribution is 2.32. The first kappa shape index (κ1) is 23.7. The maximum absolute atomic E-state index is 12.4. The van der Waals surface area contributed by atoms with Gasteiger partial charge in [0, 0.05) is 19.6 Å². The highest BCUT2D eigenvalue weighted by atomic mass is 16.5. The molecule has 32 heavy (non-hydrogen) atoms. The third-order valence-electron chi connectivity index (χ3n) is 5.38. The van der Waals surface area contributed by atoms with Crippen LogP contribution in [0.25, 0.3) is 0 Å². The summed E-state index contributed by atoms with van der Waals surface area (Å²) >= 11 is 0. The number of ether oxygens (including phenoxy) is 4. The molecule has 0 saturated carbocycles. The topological polar surface area (TPSA) is 81.3 Å². The number of urea groups is 1. The molecule has 1 fully saturated rings. The van der Waals surface area contributed by atoms with Crippen LogP contribution in [0, 0.1) is 6.92 Å². The molecule has 0 radical (unpaired) electrons. The van der Waals surface area contributed by atoms with Gasteiger partial charge in [-0.15, -0.1) is 0 Å². The maximum atomic E-state index is 12.4. The van der Waals surface area contributed by atoms with Gasteiger partial charge in [0.2, 0.25) is 0 Å². The summed E-state index contributed by atoms with van der Waals surface area (Å²) in [5.41, 5.74) is 2.19. The minimum atomic E-state index is -0.225. The molecule has 0 unspecified atom stereocenters. The summed E-state index contributed by atoms with van der Waals surface area (Å²) in [4.78, 5) is 14.7. The monoisotopic (exact) mass is 443 g/mol. The number of carbonyl (C=O) groups is 1. The largest absolute Gasteiger partial charge is 0.493 e. The fourth-order valence-electron chi connectivity index (χ4n) is 3.70. The van der Waals surface area contributed by atoms with Crippen LogP contribution in [0.5, 0.6) is 17.2 Å². The van der Waals surface area contributed by atoms with Crippen molar-refractivity contribution in [3.8, 4) is 17.2 Å². The Bertz CT molecular complexity index is 870. The summed E-state index contributed by atoms with van der Waals surface area (Å²) in [6.07, 6.45) is 0. The summed E-state index contributed by atoms with van der Waals surface area (Å²) < 4.78 is 22.0. The third kappa shape index (κ3) is 6.77. The Hall–Kier alpha value is -2.97. The highest BCUT2D eigenvalue weighted by Gasteiger charge is 2.24. The molecule has 3 rings (SSSR count). The number of carbonyl (C=O) groups excluding carboxylic acids is 1. The number of hydrogen-bond donors (Lipinski definition) is 2. The molecule has 1 aliphatic rings. The molecular weight excluding hydrogens is 410 g/mol. The van der Waals surface area contributed by atoms with E-state index < -0.39 is 0 Å². The Labute approximate surface area is 189 Å². The lowest BCUT2D eigenvalue weighted by Crippen LogP contribution is -2.46. The molecule has 2 amide bonds. The molecule has 1 aliphatic heterocycles. The van der Waals surface area contributed by atoms with Gasteiger partial charge in [-0.2, -0.15) is 0 Å². The molecule has 2 aromatic rings. The van der Waals surface area contributed by atoms with Gasteiger partial charge in [0.15, 0.2) is 11.5 Å². The van der Waals surface area contributed by atoms with Crippen molar-refractivity contribution in [1.82, 2.24) is 15.5 Å². The van der Waals surface area contributed by atoms with Crippen molar-refractivity contribution < 1.29 is 23.7 Å². The molecular formula is C24H33N3O5. The molecule has 1 saturated heterocycles. The smallest absolute Gasteiger partial charge is 0.314 e. The second-order valence-corrected chi connectivity index (χ2v) is 7.58. The van der Waals surface area contributed by atoms with E-state index >= 15 is 0 Å². The lowest BCUT2D eigenvalue weighted by Gasteiger charge is -2.35. The van der Waals surface area contributed by atoms with Crippen molar-refractivity contribution in [3.05, 3.63) is 53.6 Å². The average Bonchev–Trinajstić information content (AvgIpc) is 2.82. The van der Waals surface area contributed by atoms with Crippen LogP contribution in [0.2, 0.25) is 0 Å². The van der Waals surface area contributed by atoms with E-state index in [1.54, 1.807) is 14.2 Å². The summed E-state index contributed by atoms with van der Waals surface area (Å²) in [6, 6.07) is 13.5. The molecule has 0 spiro atoms. The van der Waals surface area contributed by atoms with E-state index in [9.17, 15) is 4.79 Å². The van der Waals surface area contributed by atoms with Gasteiger partial charge in [0.05, 0.1) is 40.0 Å². The van der Waals surface area contributed by atoms with Crippen molar-refractivity contribution in [2.75, 3.05) is 60.2 Å². The number of amides is 2. The number of methoxy groups -OCH3 is 2. The van der Waals surface area contributed by atoms with Gasteiger partial charge in [0.25, 0.3) is 0 Å². The zero-order valence-corrected chi connectivity index (χ0v) is 19.1. The molecule has 0 aliphatic carbocycles. The van der Waals surface area contributed by atoms with E-state index in [4.69, 9.17) is 18.9 Å². The quantitative estimate of drug-likeness (QED) is 0.550. The van der Waals surface area contributed by atoms with Gasteiger partial charge >= 0.3 is 6.03 Å². The summed E-state index contributed by atoms with van der Waals surface area (Å²) in [7, 11) is 3.24. The fourth-order valence-corrected chi connectivity index (χ4v) is 3.70. The normalized spacial score (nSPS) is 15.0. The Balaban J connectivity index is 1.54. The number of rotatable bonds is 10. The van der Waals surface area contributed by atoms with Gasteiger partial charge in [-0.25, -0.2) is 4.79 Å². The molecule has 8 nitrogen and oxygen atoms in total. The van der Waals surface area contributed by atoms with Crippen molar-refractivity contribution in [3.63, 3.8) is 0 Å².